The van der Waals surface area contributed by atoms with Gasteiger partial charge in [0.2, 0.25) is 0 Å². The number of imidazole rings is 1. The zero-order valence-electron chi connectivity index (χ0n) is 10.7. The van der Waals surface area contributed by atoms with Crippen LogP contribution in [0.15, 0.2) is 16.6 Å². The molecule has 5 heteroatoms. The van der Waals surface area contributed by atoms with Crippen molar-refractivity contribution in [2.75, 3.05) is 0 Å². The van der Waals surface area contributed by atoms with Crippen LogP contribution in [0, 0.1) is 10.6 Å². The van der Waals surface area contributed by atoms with Gasteiger partial charge in [0.05, 0.1) is 15.5 Å². The van der Waals surface area contributed by atoms with E-state index in [0.717, 1.165) is 23.9 Å². The summed E-state index contributed by atoms with van der Waals surface area (Å²) in [5.41, 5.74) is 1.56. The van der Waals surface area contributed by atoms with Crippen LogP contribution < -0.4 is 0 Å². The van der Waals surface area contributed by atoms with Crippen LogP contribution in [0.25, 0.3) is 11.0 Å². The number of H-pyrrole nitrogens is 1. The van der Waals surface area contributed by atoms with Gasteiger partial charge in [-0.15, -0.1) is 0 Å². The molecule has 0 radical (unpaired) electrons. The maximum absolute atomic E-state index is 13.7. The van der Waals surface area contributed by atoms with E-state index in [1.165, 1.54) is 6.07 Å². The Bertz CT molecular complexity index is 642. The standard InChI is InChI=1S/C13H16BrFN2S/c1-4-5-13(2,3)17-11-7-9(15)8(14)6-10(11)16-12(17)18/h6-7H,4-5H2,1-3H3,(H,16,18). The molecule has 0 spiro atoms. The zero-order valence-corrected chi connectivity index (χ0v) is 13.1. The number of fused-ring (bicyclic) bond motifs is 1. The summed E-state index contributed by atoms with van der Waals surface area (Å²) in [5.74, 6) is -0.266. The fraction of sp³-hybridized carbons (Fsp3) is 0.462. The second-order valence-electron chi connectivity index (χ2n) is 5.11. The highest BCUT2D eigenvalue weighted by Gasteiger charge is 2.23. The fourth-order valence-electron chi connectivity index (χ4n) is 2.43. The van der Waals surface area contributed by atoms with Crippen LogP contribution >= 0.6 is 28.1 Å². The molecule has 2 nitrogen and oxygen atoms in total. The number of hydrogen-bond acceptors (Lipinski definition) is 1. The number of hydrogen-bond donors (Lipinski definition) is 1. The molecule has 2 aromatic rings. The minimum Gasteiger partial charge on any atom is -0.331 e. The summed E-state index contributed by atoms with van der Waals surface area (Å²) in [6.45, 7) is 6.39. The summed E-state index contributed by atoms with van der Waals surface area (Å²) in [7, 11) is 0. The topological polar surface area (TPSA) is 20.7 Å². The zero-order chi connectivity index (χ0) is 13.5. The van der Waals surface area contributed by atoms with Crippen molar-refractivity contribution >= 4 is 39.2 Å². The molecule has 0 bridgehead atoms. The van der Waals surface area contributed by atoms with Gasteiger partial charge in [0, 0.05) is 11.6 Å². The fourth-order valence-corrected chi connectivity index (χ4v) is 3.23. The molecule has 0 saturated carbocycles. The molecule has 0 aliphatic carbocycles. The van der Waals surface area contributed by atoms with E-state index in [4.69, 9.17) is 12.2 Å². The molecule has 18 heavy (non-hydrogen) atoms. The first-order valence-corrected chi connectivity index (χ1v) is 7.17. The van der Waals surface area contributed by atoms with E-state index in [2.05, 4.69) is 41.7 Å². The van der Waals surface area contributed by atoms with Crippen molar-refractivity contribution in [3.63, 3.8) is 0 Å². The van der Waals surface area contributed by atoms with Crippen LogP contribution in [0.2, 0.25) is 0 Å². The SMILES string of the molecule is CCCC(C)(C)n1c(=S)[nH]c2cc(Br)c(F)cc21. The Labute approximate surface area is 119 Å². The monoisotopic (exact) mass is 330 g/mol. The summed E-state index contributed by atoms with van der Waals surface area (Å²) in [6.07, 6.45) is 2.05. The summed E-state index contributed by atoms with van der Waals surface area (Å²) in [4.78, 5) is 3.14. The van der Waals surface area contributed by atoms with E-state index in [1.807, 2.05) is 4.57 Å². The minimum atomic E-state index is -0.266. The lowest BCUT2D eigenvalue weighted by Crippen LogP contribution is -2.26. The molecule has 2 rings (SSSR count). The molecule has 0 unspecified atom stereocenters. The summed E-state index contributed by atoms with van der Waals surface area (Å²) in [6, 6.07) is 3.27. The lowest BCUT2D eigenvalue weighted by Gasteiger charge is -2.27. The van der Waals surface area contributed by atoms with Gasteiger partial charge in [-0.25, -0.2) is 4.39 Å². The Balaban J connectivity index is 2.75. The average molecular weight is 331 g/mol. The molecule has 0 fully saturated rings. The summed E-state index contributed by atoms with van der Waals surface area (Å²) < 4.78 is 16.8. The van der Waals surface area contributed by atoms with Gasteiger partial charge in [0.1, 0.15) is 5.82 Å². The van der Waals surface area contributed by atoms with Crippen molar-refractivity contribution in [1.29, 1.82) is 0 Å². The van der Waals surface area contributed by atoms with Crippen LogP contribution in [0.5, 0.6) is 0 Å². The Hall–Kier alpha value is -0.680. The first-order valence-electron chi connectivity index (χ1n) is 5.97. The number of rotatable bonds is 3. The van der Waals surface area contributed by atoms with Crippen molar-refractivity contribution in [3.8, 4) is 0 Å². The second-order valence-corrected chi connectivity index (χ2v) is 6.35. The largest absolute Gasteiger partial charge is 0.331 e. The van der Waals surface area contributed by atoms with Gasteiger partial charge in [0.25, 0.3) is 0 Å². The second kappa shape index (κ2) is 4.78. The normalized spacial score (nSPS) is 12.3. The molecule has 1 aromatic heterocycles. The molecule has 0 amide bonds. The van der Waals surface area contributed by atoms with Crippen LogP contribution in [0.3, 0.4) is 0 Å². The molecular weight excluding hydrogens is 315 g/mol. The molecule has 0 aliphatic rings. The Morgan fingerprint density at radius 2 is 2.11 bits per heavy atom. The average Bonchev–Trinajstić information content (AvgIpc) is 2.55. The number of halogens is 2. The third-order valence-corrected chi connectivity index (χ3v) is 4.08. The first kappa shape index (κ1) is 13.7. The minimum absolute atomic E-state index is 0.121. The summed E-state index contributed by atoms with van der Waals surface area (Å²) >= 11 is 8.56. The number of aromatic nitrogens is 2. The first-order chi connectivity index (χ1) is 8.36. The smallest absolute Gasteiger partial charge is 0.178 e. The maximum Gasteiger partial charge on any atom is 0.178 e. The molecule has 0 aliphatic heterocycles. The highest BCUT2D eigenvalue weighted by Crippen LogP contribution is 2.30. The Morgan fingerprint density at radius 3 is 2.72 bits per heavy atom. The predicted octanol–water partition coefficient (Wildman–Crippen LogP) is 5.14. The van der Waals surface area contributed by atoms with E-state index in [1.54, 1.807) is 6.07 Å². The van der Waals surface area contributed by atoms with E-state index in [-0.39, 0.29) is 11.4 Å². The van der Waals surface area contributed by atoms with E-state index >= 15 is 0 Å². The highest BCUT2D eigenvalue weighted by molar-refractivity contribution is 9.10. The van der Waals surface area contributed by atoms with Crippen molar-refractivity contribution in [1.82, 2.24) is 9.55 Å². The van der Waals surface area contributed by atoms with Crippen molar-refractivity contribution in [3.05, 3.63) is 27.2 Å². The van der Waals surface area contributed by atoms with Crippen LogP contribution in [0.1, 0.15) is 33.6 Å². The Morgan fingerprint density at radius 1 is 1.44 bits per heavy atom. The molecule has 1 heterocycles. The lowest BCUT2D eigenvalue weighted by atomic mass is 9.98. The molecular formula is C13H16BrFN2S. The van der Waals surface area contributed by atoms with Gasteiger partial charge < -0.3 is 9.55 Å². The number of nitrogens with zero attached hydrogens (tertiary/aromatic N) is 1. The quantitative estimate of drug-likeness (QED) is 0.773. The van der Waals surface area contributed by atoms with Crippen molar-refractivity contribution in [2.45, 2.75) is 39.2 Å². The van der Waals surface area contributed by atoms with Crippen LogP contribution in [-0.4, -0.2) is 9.55 Å². The number of nitrogens with one attached hydrogen (secondary N) is 1. The Kier molecular flexibility index (Phi) is 3.65. The third-order valence-electron chi connectivity index (χ3n) is 3.19. The van der Waals surface area contributed by atoms with E-state index in [9.17, 15) is 4.39 Å². The van der Waals surface area contributed by atoms with Crippen molar-refractivity contribution < 1.29 is 4.39 Å². The van der Waals surface area contributed by atoms with E-state index < -0.39 is 0 Å². The molecule has 98 valence electrons. The van der Waals surface area contributed by atoms with Crippen molar-refractivity contribution in [2.24, 2.45) is 0 Å². The summed E-state index contributed by atoms with van der Waals surface area (Å²) in [5, 5.41) is 0. The van der Waals surface area contributed by atoms with Gasteiger partial charge >= 0.3 is 0 Å². The molecule has 1 aromatic carbocycles. The van der Waals surface area contributed by atoms with E-state index in [0.29, 0.717) is 9.24 Å². The van der Waals surface area contributed by atoms with Gasteiger partial charge in [-0.05, 0) is 54.5 Å². The molecule has 1 N–H and O–H groups in total. The van der Waals surface area contributed by atoms with Gasteiger partial charge in [0.15, 0.2) is 4.77 Å². The number of benzene rings is 1. The maximum atomic E-state index is 13.7. The molecule has 0 atom stereocenters. The van der Waals surface area contributed by atoms with Crippen LogP contribution in [-0.2, 0) is 5.54 Å². The van der Waals surface area contributed by atoms with Gasteiger partial charge in [-0.2, -0.15) is 0 Å². The number of aromatic amines is 1. The lowest BCUT2D eigenvalue weighted by molar-refractivity contribution is 0.329. The highest BCUT2D eigenvalue weighted by atomic mass is 79.9. The van der Waals surface area contributed by atoms with Crippen LogP contribution in [0.4, 0.5) is 4.39 Å². The van der Waals surface area contributed by atoms with Gasteiger partial charge in [-0.3, -0.25) is 0 Å². The molecule has 0 saturated heterocycles. The van der Waals surface area contributed by atoms with Gasteiger partial charge in [-0.1, -0.05) is 13.3 Å². The predicted molar refractivity (Wildman–Crippen MR) is 79.0 cm³/mol. The third kappa shape index (κ3) is 2.26.